The van der Waals surface area contributed by atoms with E-state index in [1.165, 1.54) is 0 Å². The number of rotatable bonds is 5. The summed E-state index contributed by atoms with van der Waals surface area (Å²) in [5.74, 6) is 2.65. The summed E-state index contributed by atoms with van der Waals surface area (Å²) in [4.78, 5) is 23.7. The number of ether oxygens (including phenoxy) is 1. The normalized spacial score (nSPS) is 15.5. The van der Waals surface area contributed by atoms with Crippen molar-refractivity contribution < 1.29 is 13.9 Å². The fraction of sp³-hybridized carbons (Fsp3) is 0.550. The highest BCUT2D eigenvalue weighted by Gasteiger charge is 2.28. The minimum absolute atomic E-state index is 0.0613. The van der Waals surface area contributed by atoms with Crippen molar-refractivity contribution in [1.82, 2.24) is 14.9 Å². The lowest BCUT2D eigenvalue weighted by atomic mass is 9.90. The summed E-state index contributed by atoms with van der Waals surface area (Å²) < 4.78 is 11.1. The zero-order chi connectivity index (χ0) is 18.7. The minimum Gasteiger partial charge on any atom is -0.466 e. The Balaban J connectivity index is 1.69. The molecule has 3 heterocycles. The Bertz CT molecular complexity index is 777. The Kier molecular flexibility index (Phi) is 5.71. The van der Waals surface area contributed by atoms with E-state index in [2.05, 4.69) is 9.97 Å². The van der Waals surface area contributed by atoms with Crippen LogP contribution in [0.2, 0.25) is 0 Å². The molecule has 0 aliphatic carbocycles. The number of carbonyl (C=O) groups is 1. The van der Waals surface area contributed by atoms with E-state index in [1.54, 1.807) is 0 Å². The summed E-state index contributed by atoms with van der Waals surface area (Å²) in [7, 11) is 0. The number of furan rings is 1. The molecule has 1 aliphatic rings. The second-order valence-corrected chi connectivity index (χ2v) is 6.86. The fourth-order valence-corrected chi connectivity index (χ4v) is 3.56. The van der Waals surface area contributed by atoms with E-state index >= 15 is 0 Å². The number of aromatic nitrogens is 2. The van der Waals surface area contributed by atoms with Crippen LogP contribution in [0.4, 0.5) is 0 Å². The van der Waals surface area contributed by atoms with Crippen LogP contribution in [0.25, 0.3) is 0 Å². The lowest BCUT2D eigenvalue weighted by Crippen LogP contribution is -2.38. The van der Waals surface area contributed by atoms with Crippen LogP contribution in [0, 0.1) is 20.8 Å². The van der Waals surface area contributed by atoms with Crippen molar-refractivity contribution in [2.24, 2.45) is 0 Å². The number of amides is 1. The van der Waals surface area contributed by atoms with E-state index in [9.17, 15) is 4.79 Å². The second kappa shape index (κ2) is 7.99. The monoisotopic (exact) mass is 357 g/mol. The summed E-state index contributed by atoms with van der Waals surface area (Å²) in [6.07, 6.45) is 3.68. The molecule has 0 unspecified atom stereocenters. The average Bonchev–Trinajstić information content (AvgIpc) is 2.98. The van der Waals surface area contributed by atoms with Gasteiger partial charge >= 0.3 is 0 Å². The van der Waals surface area contributed by atoms with Crippen molar-refractivity contribution in [2.75, 3.05) is 19.7 Å². The Morgan fingerprint density at radius 2 is 2.04 bits per heavy atom. The van der Waals surface area contributed by atoms with Crippen LogP contribution >= 0.6 is 0 Å². The first-order chi connectivity index (χ1) is 12.5. The number of carbonyl (C=O) groups excluding carboxylic acids is 1. The number of nitrogens with zero attached hydrogens (tertiary/aromatic N) is 3. The molecule has 1 fully saturated rings. The Morgan fingerprint density at radius 1 is 1.31 bits per heavy atom. The molecule has 6 nitrogen and oxygen atoms in total. The molecule has 1 aliphatic heterocycles. The lowest BCUT2D eigenvalue weighted by Gasteiger charge is -2.32. The first kappa shape index (κ1) is 18.6. The van der Waals surface area contributed by atoms with Crippen LogP contribution in [-0.2, 0) is 11.3 Å². The molecular weight excluding hydrogens is 330 g/mol. The van der Waals surface area contributed by atoms with Crippen LogP contribution < -0.4 is 0 Å². The standard InChI is InChI=1S/C20H27N3O3/c1-5-25-12-17-11-21-15(4)22-19(17)16-6-8-23(9-7-16)20(24)18-10-13(2)26-14(18)3/h10-11,16H,5-9,12H2,1-4H3. The van der Waals surface area contributed by atoms with Crippen LogP contribution in [0.1, 0.15) is 64.6 Å². The maximum atomic E-state index is 12.8. The quantitative estimate of drug-likeness (QED) is 0.818. The zero-order valence-electron chi connectivity index (χ0n) is 16.0. The van der Waals surface area contributed by atoms with E-state index in [4.69, 9.17) is 9.15 Å². The maximum Gasteiger partial charge on any atom is 0.257 e. The molecule has 0 radical (unpaired) electrons. The van der Waals surface area contributed by atoms with Crippen molar-refractivity contribution in [3.63, 3.8) is 0 Å². The lowest BCUT2D eigenvalue weighted by molar-refractivity contribution is 0.0708. The molecule has 140 valence electrons. The van der Waals surface area contributed by atoms with E-state index in [1.807, 2.05) is 44.9 Å². The van der Waals surface area contributed by atoms with Gasteiger partial charge < -0.3 is 14.1 Å². The van der Waals surface area contributed by atoms with Gasteiger partial charge in [-0.05, 0) is 46.6 Å². The topological polar surface area (TPSA) is 68.5 Å². The van der Waals surface area contributed by atoms with Crippen molar-refractivity contribution in [3.05, 3.63) is 46.4 Å². The molecule has 0 bridgehead atoms. The van der Waals surface area contributed by atoms with Gasteiger partial charge in [-0.3, -0.25) is 4.79 Å². The van der Waals surface area contributed by atoms with Gasteiger partial charge in [-0.15, -0.1) is 0 Å². The van der Waals surface area contributed by atoms with Gasteiger partial charge in [0.25, 0.3) is 5.91 Å². The summed E-state index contributed by atoms with van der Waals surface area (Å²) in [6, 6.07) is 1.83. The predicted molar refractivity (Wildman–Crippen MR) is 98.2 cm³/mol. The third kappa shape index (κ3) is 3.96. The summed E-state index contributed by atoms with van der Waals surface area (Å²) in [5, 5.41) is 0. The van der Waals surface area contributed by atoms with Crippen molar-refractivity contribution in [2.45, 2.75) is 53.1 Å². The third-order valence-corrected chi connectivity index (χ3v) is 4.92. The predicted octanol–water partition coefficient (Wildman–Crippen LogP) is 3.55. The van der Waals surface area contributed by atoms with Crippen LogP contribution in [0.5, 0.6) is 0 Å². The molecular formula is C20H27N3O3. The van der Waals surface area contributed by atoms with Crippen molar-refractivity contribution in [3.8, 4) is 0 Å². The number of piperidine rings is 1. The largest absolute Gasteiger partial charge is 0.466 e. The summed E-state index contributed by atoms with van der Waals surface area (Å²) >= 11 is 0. The summed E-state index contributed by atoms with van der Waals surface area (Å²) in [5.41, 5.74) is 2.81. The Labute approximate surface area is 154 Å². The Morgan fingerprint density at radius 3 is 2.65 bits per heavy atom. The van der Waals surface area contributed by atoms with Gasteiger partial charge in [0.15, 0.2) is 0 Å². The molecule has 0 saturated carbocycles. The molecule has 0 atom stereocenters. The highest BCUT2D eigenvalue weighted by atomic mass is 16.5. The number of hydrogen-bond acceptors (Lipinski definition) is 5. The van der Waals surface area contributed by atoms with Gasteiger partial charge in [0.2, 0.25) is 0 Å². The molecule has 1 amide bonds. The molecule has 2 aromatic rings. The molecule has 0 N–H and O–H groups in total. The first-order valence-electron chi connectivity index (χ1n) is 9.26. The highest BCUT2D eigenvalue weighted by molar-refractivity contribution is 5.95. The van der Waals surface area contributed by atoms with Crippen LogP contribution in [0.3, 0.4) is 0 Å². The fourth-order valence-electron chi connectivity index (χ4n) is 3.56. The molecule has 3 rings (SSSR count). The molecule has 0 aromatic carbocycles. The van der Waals surface area contributed by atoms with Gasteiger partial charge in [0.1, 0.15) is 17.3 Å². The van der Waals surface area contributed by atoms with E-state index in [-0.39, 0.29) is 5.91 Å². The molecule has 26 heavy (non-hydrogen) atoms. The second-order valence-electron chi connectivity index (χ2n) is 6.86. The summed E-state index contributed by atoms with van der Waals surface area (Å²) in [6.45, 7) is 10.3. The smallest absolute Gasteiger partial charge is 0.257 e. The van der Waals surface area contributed by atoms with E-state index in [0.717, 1.165) is 48.8 Å². The number of aryl methyl sites for hydroxylation is 3. The molecule has 6 heteroatoms. The Hall–Kier alpha value is -2.21. The highest BCUT2D eigenvalue weighted by Crippen LogP contribution is 2.30. The van der Waals surface area contributed by atoms with Crippen molar-refractivity contribution in [1.29, 1.82) is 0 Å². The SMILES string of the molecule is CCOCc1cnc(C)nc1C1CCN(C(=O)c2cc(C)oc2C)CC1. The first-order valence-corrected chi connectivity index (χ1v) is 9.26. The van der Waals surface area contributed by atoms with Gasteiger partial charge in [0.05, 0.1) is 17.9 Å². The van der Waals surface area contributed by atoms with Gasteiger partial charge in [-0.25, -0.2) is 9.97 Å². The van der Waals surface area contributed by atoms with E-state index in [0.29, 0.717) is 30.5 Å². The average molecular weight is 357 g/mol. The number of likely N-dealkylation sites (tertiary alicyclic amines) is 1. The minimum atomic E-state index is 0.0613. The van der Waals surface area contributed by atoms with Crippen molar-refractivity contribution >= 4 is 5.91 Å². The zero-order valence-corrected chi connectivity index (χ0v) is 16.0. The van der Waals surface area contributed by atoms with Gasteiger partial charge in [-0.1, -0.05) is 0 Å². The maximum absolute atomic E-state index is 12.8. The molecule has 0 spiro atoms. The number of hydrogen-bond donors (Lipinski definition) is 0. The van der Waals surface area contributed by atoms with Crippen LogP contribution in [0.15, 0.2) is 16.7 Å². The molecule has 2 aromatic heterocycles. The third-order valence-electron chi connectivity index (χ3n) is 4.92. The van der Waals surface area contributed by atoms with Gasteiger partial charge in [0, 0.05) is 37.4 Å². The van der Waals surface area contributed by atoms with Crippen LogP contribution in [-0.4, -0.2) is 40.5 Å². The molecule has 1 saturated heterocycles. The van der Waals surface area contributed by atoms with E-state index < -0.39 is 0 Å². The van der Waals surface area contributed by atoms with Gasteiger partial charge in [-0.2, -0.15) is 0 Å².